The minimum atomic E-state index is -4.00. The van der Waals surface area contributed by atoms with Crippen LogP contribution < -0.4 is 0 Å². The highest BCUT2D eigenvalue weighted by Gasteiger charge is 2.25. The molecule has 47 valence electrons. The monoisotopic (exact) mass is 123 g/mol. The lowest BCUT2D eigenvalue weighted by molar-refractivity contribution is -0.109. The fourth-order valence-electron chi connectivity index (χ4n) is 0.308. The molecule has 0 amide bonds. The van der Waals surface area contributed by atoms with Crippen LogP contribution in [0.3, 0.4) is 0 Å². The number of hydrogen-bond donors (Lipinski definition) is 0. The highest BCUT2D eigenvalue weighted by atomic mass is 19.4. The Hall–Kier alpha value is -0.145. The third-order valence-corrected chi connectivity index (χ3v) is 0.664. The smallest absolute Gasteiger partial charge is 0.172 e. The van der Waals surface area contributed by atoms with Crippen LogP contribution in [0.2, 0.25) is 12.6 Å². The average Bonchev–Trinajstić information content (AvgIpc) is 1.59. The Morgan fingerprint density at radius 3 is 2.00 bits per heavy atom. The molecule has 0 spiro atoms. The minimum Gasteiger partial charge on any atom is -0.172 e. The molecule has 0 N–H and O–H groups in total. The van der Waals surface area contributed by atoms with E-state index in [2.05, 4.69) is 0 Å². The number of halogens is 3. The molecule has 0 aliphatic rings. The van der Waals surface area contributed by atoms with E-state index in [0.717, 1.165) is 0 Å². The molecule has 0 saturated carbocycles. The van der Waals surface area contributed by atoms with Gasteiger partial charge in [0.25, 0.3) is 0 Å². The van der Waals surface area contributed by atoms with E-state index in [1.807, 2.05) is 0 Å². The van der Waals surface area contributed by atoms with Crippen LogP contribution in [0.5, 0.6) is 0 Å². The first-order chi connectivity index (χ1) is 3.56. The molecule has 0 unspecified atom stereocenters. The zero-order chi connectivity index (χ0) is 6.62. The van der Waals surface area contributed by atoms with E-state index >= 15 is 0 Å². The van der Waals surface area contributed by atoms with Crippen molar-refractivity contribution in [3.63, 3.8) is 0 Å². The molecule has 4 heteroatoms. The van der Waals surface area contributed by atoms with Crippen LogP contribution in [0.25, 0.3) is 0 Å². The molecule has 0 bridgehead atoms. The van der Waals surface area contributed by atoms with Gasteiger partial charge in [0.2, 0.25) is 0 Å². The molecule has 1 radical (unpaired) electrons. The fraction of sp³-hybridized carbons (Fsp3) is 1.00. The molecule has 0 aliphatic carbocycles. The van der Waals surface area contributed by atoms with Gasteiger partial charge < -0.3 is 0 Å². The second-order valence-corrected chi connectivity index (χ2v) is 1.52. The quantitative estimate of drug-likeness (QED) is 0.493. The first kappa shape index (κ1) is 7.85. The summed E-state index contributed by atoms with van der Waals surface area (Å²) in [4.78, 5) is 0. The van der Waals surface area contributed by atoms with Crippen LogP contribution in [0.15, 0.2) is 0 Å². The predicted octanol–water partition coefficient (Wildman–Crippen LogP) is 2.11. The lowest BCUT2D eigenvalue weighted by atomic mass is 9.72. The van der Waals surface area contributed by atoms with Crippen LogP contribution in [-0.2, 0) is 0 Å². The van der Waals surface area contributed by atoms with E-state index in [9.17, 15) is 13.2 Å². The summed E-state index contributed by atoms with van der Waals surface area (Å²) in [5.74, 6) is 0. The summed E-state index contributed by atoms with van der Waals surface area (Å²) >= 11 is 0. The Kier molecular flexibility index (Phi) is 2.94. The van der Waals surface area contributed by atoms with Crippen molar-refractivity contribution in [2.45, 2.75) is 25.7 Å². The molecule has 0 heterocycles. The van der Waals surface area contributed by atoms with Gasteiger partial charge in [0.05, 0.1) is 0 Å². The normalized spacial score (nSPS) is 11.5. The summed E-state index contributed by atoms with van der Waals surface area (Å²) in [5, 5.41) is 0. The van der Waals surface area contributed by atoms with Gasteiger partial charge in [-0.15, -0.1) is 0 Å². The van der Waals surface area contributed by atoms with Gasteiger partial charge in [-0.3, -0.25) is 0 Å². The van der Waals surface area contributed by atoms with E-state index in [-0.39, 0.29) is 0 Å². The summed E-state index contributed by atoms with van der Waals surface area (Å²) in [6, 6.07) is 0. The van der Waals surface area contributed by atoms with Crippen molar-refractivity contribution in [3.05, 3.63) is 0 Å². The molecule has 0 aromatic heterocycles. The predicted molar refractivity (Wildman–Crippen MR) is 27.1 cm³/mol. The van der Waals surface area contributed by atoms with Crippen molar-refractivity contribution < 1.29 is 13.2 Å². The summed E-state index contributed by atoms with van der Waals surface area (Å²) in [6.07, 6.45) is -4.28. The first-order valence-electron chi connectivity index (χ1n) is 2.44. The fourth-order valence-corrected chi connectivity index (χ4v) is 0.308. The summed E-state index contributed by atoms with van der Waals surface area (Å²) in [7, 11) is 1.21. The topological polar surface area (TPSA) is 0 Å². The Labute approximate surface area is 47.3 Å². The van der Waals surface area contributed by atoms with Gasteiger partial charge >= 0.3 is 6.18 Å². The number of hydrogen-bond acceptors (Lipinski definition) is 0. The molecule has 0 saturated heterocycles. The molecule has 0 aliphatic heterocycles. The molecule has 0 atom stereocenters. The van der Waals surface area contributed by atoms with Crippen LogP contribution in [0, 0.1) is 0 Å². The maximum absolute atomic E-state index is 11.2. The Bertz CT molecular complexity index is 58.8. The largest absolute Gasteiger partial charge is 0.382 e. The summed E-state index contributed by atoms with van der Waals surface area (Å²) in [6.45, 7) is 1.69. The molecule has 8 heavy (non-hydrogen) atoms. The van der Waals surface area contributed by atoms with Crippen molar-refractivity contribution >= 4 is 7.28 Å². The van der Waals surface area contributed by atoms with Crippen LogP contribution in [0.4, 0.5) is 13.2 Å². The van der Waals surface area contributed by atoms with Gasteiger partial charge in [-0.1, -0.05) is 13.2 Å². The molecular weight excluding hydrogens is 116 g/mol. The van der Waals surface area contributed by atoms with Gasteiger partial charge in [0.1, 0.15) is 7.28 Å². The Morgan fingerprint density at radius 1 is 1.38 bits per heavy atom. The van der Waals surface area contributed by atoms with Crippen molar-refractivity contribution in [2.75, 3.05) is 0 Å². The Balaban J connectivity index is 3.11. The summed E-state index contributed by atoms with van der Waals surface area (Å²) < 4.78 is 33.6. The average molecular weight is 123 g/mol. The minimum absolute atomic E-state index is 0.486. The molecule has 0 aromatic carbocycles. The number of rotatable bonds is 2. The zero-order valence-electron chi connectivity index (χ0n) is 4.63. The molecular formula is C4H7BF3. The van der Waals surface area contributed by atoms with Gasteiger partial charge in [-0.2, -0.15) is 13.2 Å². The Morgan fingerprint density at radius 2 is 1.88 bits per heavy atom. The van der Waals surface area contributed by atoms with Gasteiger partial charge in [-0.05, 0) is 0 Å². The van der Waals surface area contributed by atoms with Crippen molar-refractivity contribution in [2.24, 2.45) is 0 Å². The first-order valence-corrected chi connectivity index (χ1v) is 2.44. The van der Waals surface area contributed by atoms with E-state index in [0.29, 0.717) is 6.32 Å². The lowest BCUT2D eigenvalue weighted by Crippen LogP contribution is -2.09. The molecule has 0 rings (SSSR count). The van der Waals surface area contributed by atoms with Gasteiger partial charge in [-0.25, -0.2) is 0 Å². The highest BCUT2D eigenvalue weighted by molar-refractivity contribution is 6.35. The van der Waals surface area contributed by atoms with E-state index in [1.165, 1.54) is 7.28 Å². The van der Waals surface area contributed by atoms with Gasteiger partial charge in [0.15, 0.2) is 0 Å². The van der Waals surface area contributed by atoms with Crippen LogP contribution in [-0.4, -0.2) is 13.5 Å². The third-order valence-electron chi connectivity index (χ3n) is 0.664. The van der Waals surface area contributed by atoms with Crippen molar-refractivity contribution in [1.82, 2.24) is 0 Å². The molecule has 0 fully saturated rings. The standard InChI is InChI=1S/C4H7BF3/c1-2-5-3-4(6,7)8/h2-3H2,1H3. The number of alkyl halides is 3. The van der Waals surface area contributed by atoms with Crippen molar-refractivity contribution in [1.29, 1.82) is 0 Å². The van der Waals surface area contributed by atoms with E-state index in [4.69, 9.17) is 0 Å². The van der Waals surface area contributed by atoms with Crippen LogP contribution in [0.1, 0.15) is 6.92 Å². The maximum atomic E-state index is 11.2. The van der Waals surface area contributed by atoms with Crippen molar-refractivity contribution in [3.8, 4) is 0 Å². The second-order valence-electron chi connectivity index (χ2n) is 1.52. The SMILES string of the molecule is CC[B]CC(F)(F)F. The van der Waals surface area contributed by atoms with E-state index in [1.54, 1.807) is 6.92 Å². The molecule has 0 aromatic rings. The van der Waals surface area contributed by atoms with Gasteiger partial charge in [0, 0.05) is 6.32 Å². The second kappa shape index (κ2) is 3.00. The third kappa shape index (κ3) is 5.85. The highest BCUT2D eigenvalue weighted by Crippen LogP contribution is 2.19. The summed E-state index contributed by atoms with van der Waals surface area (Å²) in [5.41, 5.74) is 0. The lowest BCUT2D eigenvalue weighted by Gasteiger charge is -2.01. The molecule has 0 nitrogen and oxygen atoms in total. The van der Waals surface area contributed by atoms with E-state index < -0.39 is 12.5 Å². The maximum Gasteiger partial charge on any atom is 0.382 e. The van der Waals surface area contributed by atoms with Crippen LogP contribution >= 0.6 is 0 Å². The zero-order valence-corrected chi connectivity index (χ0v) is 4.63.